The van der Waals surface area contributed by atoms with Crippen molar-refractivity contribution in [3.63, 3.8) is 0 Å². The quantitative estimate of drug-likeness (QED) is 0.790. The molecule has 1 aromatic heterocycles. The van der Waals surface area contributed by atoms with Crippen LogP contribution in [0.1, 0.15) is 24.2 Å². The number of amides is 2. The number of rotatable bonds is 5. The third kappa shape index (κ3) is 5.14. The van der Waals surface area contributed by atoms with Crippen LogP contribution in [0.2, 0.25) is 5.15 Å². The number of hydrogen-bond acceptors (Lipinski definition) is 3. The Morgan fingerprint density at radius 2 is 2.11 bits per heavy atom. The first-order chi connectivity index (χ1) is 8.49. The highest BCUT2D eigenvalue weighted by Gasteiger charge is 2.08. The van der Waals surface area contributed by atoms with Gasteiger partial charge in [0.1, 0.15) is 5.15 Å². The molecule has 0 unspecified atom stereocenters. The normalized spacial score (nSPS) is 10.2. The van der Waals surface area contributed by atoms with E-state index in [1.807, 2.05) is 13.8 Å². The van der Waals surface area contributed by atoms with Crippen molar-refractivity contribution in [2.75, 3.05) is 13.1 Å². The van der Waals surface area contributed by atoms with Crippen LogP contribution in [0.25, 0.3) is 0 Å². The molecule has 1 rings (SSSR count). The van der Waals surface area contributed by atoms with Gasteiger partial charge in [-0.15, -0.1) is 0 Å². The molecule has 0 radical (unpaired) electrons. The predicted molar refractivity (Wildman–Crippen MR) is 69.4 cm³/mol. The van der Waals surface area contributed by atoms with Crippen LogP contribution in [0.3, 0.4) is 0 Å². The summed E-state index contributed by atoms with van der Waals surface area (Å²) in [6.45, 7) is 4.54. The Kier molecular flexibility index (Phi) is 5.58. The van der Waals surface area contributed by atoms with Gasteiger partial charge in [0.25, 0.3) is 5.91 Å². The van der Waals surface area contributed by atoms with E-state index in [1.165, 1.54) is 18.3 Å². The fourth-order valence-corrected chi connectivity index (χ4v) is 1.36. The van der Waals surface area contributed by atoms with Gasteiger partial charge in [-0.2, -0.15) is 0 Å². The molecule has 0 aliphatic carbocycles. The van der Waals surface area contributed by atoms with E-state index in [2.05, 4.69) is 15.6 Å². The number of nitrogens with zero attached hydrogens (tertiary/aromatic N) is 1. The summed E-state index contributed by atoms with van der Waals surface area (Å²) in [4.78, 5) is 26.8. The summed E-state index contributed by atoms with van der Waals surface area (Å²) in [5.74, 6) is -0.181. The van der Waals surface area contributed by atoms with E-state index < -0.39 is 0 Å². The largest absolute Gasteiger partial charge is 0.354 e. The van der Waals surface area contributed by atoms with Crippen molar-refractivity contribution in [2.45, 2.75) is 13.8 Å². The molecule has 0 aromatic carbocycles. The van der Waals surface area contributed by atoms with Crippen molar-refractivity contribution in [3.8, 4) is 0 Å². The number of hydrogen-bond donors (Lipinski definition) is 2. The Morgan fingerprint density at radius 1 is 1.39 bits per heavy atom. The van der Waals surface area contributed by atoms with Gasteiger partial charge in [-0.25, -0.2) is 4.98 Å². The Labute approximate surface area is 111 Å². The molecule has 2 N–H and O–H groups in total. The minimum atomic E-state index is -0.348. The summed E-state index contributed by atoms with van der Waals surface area (Å²) in [7, 11) is 0. The predicted octanol–water partition coefficient (Wildman–Crippen LogP) is 1.24. The highest BCUT2D eigenvalue weighted by atomic mass is 35.5. The summed E-state index contributed by atoms with van der Waals surface area (Å²) < 4.78 is 0. The van der Waals surface area contributed by atoms with Crippen LogP contribution in [-0.4, -0.2) is 29.9 Å². The van der Waals surface area contributed by atoms with Gasteiger partial charge >= 0.3 is 0 Å². The van der Waals surface area contributed by atoms with Gasteiger partial charge in [0, 0.05) is 18.3 Å². The Morgan fingerprint density at radius 3 is 2.72 bits per heavy atom. The second-order valence-electron chi connectivity index (χ2n) is 4.25. The maximum Gasteiger partial charge on any atom is 0.251 e. The third-order valence-electron chi connectivity index (χ3n) is 2.11. The minimum absolute atomic E-state index is 0.0501. The van der Waals surface area contributed by atoms with Crippen molar-refractivity contribution in [1.29, 1.82) is 0 Å². The van der Waals surface area contributed by atoms with Crippen LogP contribution < -0.4 is 10.6 Å². The molecule has 0 aliphatic heterocycles. The molecule has 18 heavy (non-hydrogen) atoms. The molecule has 0 fully saturated rings. The average Bonchev–Trinajstić information content (AvgIpc) is 2.33. The first-order valence-electron chi connectivity index (χ1n) is 5.65. The molecular formula is C12H16ClN3O2. The van der Waals surface area contributed by atoms with Crippen LogP contribution in [-0.2, 0) is 4.79 Å². The second-order valence-corrected chi connectivity index (χ2v) is 4.64. The summed E-state index contributed by atoms with van der Waals surface area (Å²) in [5, 5.41) is 5.46. The number of pyridine rings is 1. The number of halogens is 1. The van der Waals surface area contributed by atoms with Crippen molar-refractivity contribution >= 4 is 23.4 Å². The summed E-state index contributed by atoms with van der Waals surface area (Å²) >= 11 is 5.67. The van der Waals surface area contributed by atoms with E-state index >= 15 is 0 Å². The second kappa shape index (κ2) is 6.96. The van der Waals surface area contributed by atoms with E-state index in [-0.39, 0.29) is 23.5 Å². The van der Waals surface area contributed by atoms with E-state index in [9.17, 15) is 9.59 Å². The molecule has 0 atom stereocenters. The smallest absolute Gasteiger partial charge is 0.251 e. The Balaban J connectivity index is 2.39. The maximum atomic E-state index is 11.7. The lowest BCUT2D eigenvalue weighted by Gasteiger charge is -2.08. The molecule has 1 heterocycles. The van der Waals surface area contributed by atoms with Gasteiger partial charge in [-0.1, -0.05) is 25.4 Å². The molecule has 0 aliphatic rings. The molecule has 0 spiro atoms. The van der Waals surface area contributed by atoms with Crippen molar-refractivity contribution in [1.82, 2.24) is 15.6 Å². The van der Waals surface area contributed by atoms with Crippen LogP contribution in [0.15, 0.2) is 18.3 Å². The summed E-state index contributed by atoms with van der Waals surface area (Å²) in [5.41, 5.74) is 0.381. The highest BCUT2D eigenvalue weighted by Crippen LogP contribution is 2.06. The van der Waals surface area contributed by atoms with Crippen molar-refractivity contribution in [3.05, 3.63) is 29.0 Å². The van der Waals surface area contributed by atoms with Crippen LogP contribution in [0.4, 0.5) is 0 Å². The van der Waals surface area contributed by atoms with Crippen molar-refractivity contribution in [2.24, 2.45) is 5.92 Å². The molecule has 5 nitrogen and oxygen atoms in total. The van der Waals surface area contributed by atoms with Gasteiger partial charge in [0.2, 0.25) is 5.91 Å². The van der Waals surface area contributed by atoms with Gasteiger partial charge in [0.05, 0.1) is 6.54 Å². The van der Waals surface area contributed by atoms with Gasteiger partial charge in [0.15, 0.2) is 0 Å². The SMILES string of the molecule is CC(C)CNC(=O)CNC(=O)c1ccnc(Cl)c1. The summed E-state index contributed by atoms with van der Waals surface area (Å²) in [6, 6.07) is 2.98. The summed E-state index contributed by atoms with van der Waals surface area (Å²) in [6.07, 6.45) is 1.44. The molecule has 98 valence electrons. The standard InChI is InChI=1S/C12H16ClN3O2/c1-8(2)6-15-11(17)7-16-12(18)9-3-4-14-10(13)5-9/h3-5,8H,6-7H2,1-2H3,(H,15,17)(H,16,18). The molecule has 0 saturated carbocycles. The lowest BCUT2D eigenvalue weighted by molar-refractivity contribution is -0.120. The topological polar surface area (TPSA) is 71.1 Å². The highest BCUT2D eigenvalue weighted by molar-refractivity contribution is 6.29. The fraction of sp³-hybridized carbons (Fsp3) is 0.417. The molecule has 2 amide bonds. The van der Waals surface area contributed by atoms with E-state index in [0.717, 1.165) is 0 Å². The number of aromatic nitrogens is 1. The van der Waals surface area contributed by atoms with E-state index in [4.69, 9.17) is 11.6 Å². The first kappa shape index (κ1) is 14.4. The van der Waals surface area contributed by atoms with Crippen molar-refractivity contribution < 1.29 is 9.59 Å². The monoisotopic (exact) mass is 269 g/mol. The van der Waals surface area contributed by atoms with Crippen LogP contribution in [0.5, 0.6) is 0 Å². The molecular weight excluding hydrogens is 254 g/mol. The first-order valence-corrected chi connectivity index (χ1v) is 6.03. The lowest BCUT2D eigenvalue weighted by atomic mass is 10.2. The number of nitrogens with one attached hydrogen (secondary N) is 2. The van der Waals surface area contributed by atoms with E-state index in [1.54, 1.807) is 0 Å². The zero-order valence-corrected chi connectivity index (χ0v) is 11.1. The zero-order chi connectivity index (χ0) is 13.5. The molecule has 1 aromatic rings. The number of carbonyl (C=O) groups is 2. The van der Waals surface area contributed by atoms with Crippen LogP contribution in [0, 0.1) is 5.92 Å². The maximum absolute atomic E-state index is 11.7. The van der Waals surface area contributed by atoms with Gasteiger partial charge in [-0.3, -0.25) is 9.59 Å². The zero-order valence-electron chi connectivity index (χ0n) is 10.4. The van der Waals surface area contributed by atoms with Gasteiger partial charge in [-0.05, 0) is 18.1 Å². The lowest BCUT2D eigenvalue weighted by Crippen LogP contribution is -2.38. The average molecular weight is 270 g/mol. The minimum Gasteiger partial charge on any atom is -0.354 e. The third-order valence-corrected chi connectivity index (χ3v) is 2.31. The Hall–Kier alpha value is -1.62. The number of carbonyl (C=O) groups excluding carboxylic acids is 2. The molecule has 0 bridgehead atoms. The van der Waals surface area contributed by atoms with Crippen LogP contribution >= 0.6 is 11.6 Å². The molecule has 0 saturated heterocycles. The van der Waals surface area contributed by atoms with Gasteiger partial charge < -0.3 is 10.6 Å². The Bertz CT molecular complexity index is 435. The fourth-order valence-electron chi connectivity index (χ4n) is 1.19. The van der Waals surface area contributed by atoms with E-state index in [0.29, 0.717) is 18.0 Å². The molecule has 6 heteroatoms.